The van der Waals surface area contributed by atoms with Gasteiger partial charge in [0.25, 0.3) is 5.91 Å². The van der Waals surface area contributed by atoms with Gasteiger partial charge in [0.05, 0.1) is 13.1 Å². The fraction of sp³-hybridized carbons (Fsp3) is 0.318. The van der Waals surface area contributed by atoms with E-state index >= 15 is 0 Å². The normalized spacial score (nSPS) is 12.8. The maximum Gasteiger partial charge on any atom is 0.257 e. The third kappa shape index (κ3) is 5.44. The highest BCUT2D eigenvalue weighted by atomic mass is 16.2. The second-order valence-electron chi connectivity index (χ2n) is 7.43. The van der Waals surface area contributed by atoms with Gasteiger partial charge in [0, 0.05) is 24.2 Å². The molecule has 2 heterocycles. The predicted molar refractivity (Wildman–Crippen MR) is 116 cm³/mol. The number of amides is 2. The zero-order chi connectivity index (χ0) is 21.5. The van der Waals surface area contributed by atoms with Crippen LogP contribution in [0.25, 0.3) is 11.4 Å². The molecule has 0 bridgehead atoms. The van der Waals surface area contributed by atoms with Crippen molar-refractivity contribution in [2.75, 3.05) is 18.0 Å². The summed E-state index contributed by atoms with van der Waals surface area (Å²) in [6.45, 7) is 1.50. The third-order valence-electron chi connectivity index (χ3n) is 5.13. The van der Waals surface area contributed by atoms with Crippen LogP contribution in [-0.4, -0.2) is 45.1 Å². The first kappa shape index (κ1) is 20.5. The molecule has 0 atom stereocenters. The summed E-state index contributed by atoms with van der Waals surface area (Å²) in [5, 5.41) is 12.4. The highest BCUT2D eigenvalue weighted by Gasteiger charge is 2.18. The summed E-state index contributed by atoms with van der Waals surface area (Å²) in [5.41, 5.74) is 8.22. The Morgan fingerprint density at radius 3 is 2.61 bits per heavy atom. The van der Waals surface area contributed by atoms with Crippen LogP contribution >= 0.6 is 0 Å². The van der Waals surface area contributed by atoms with Gasteiger partial charge in [0.15, 0.2) is 0 Å². The lowest BCUT2D eigenvalue weighted by atomic mass is 10.0. The van der Waals surface area contributed by atoms with Crippen molar-refractivity contribution in [3.8, 4) is 11.4 Å². The molecule has 9 heteroatoms. The highest BCUT2D eigenvalue weighted by Crippen LogP contribution is 2.26. The lowest BCUT2D eigenvalue weighted by Gasteiger charge is -2.30. The number of nitrogens with zero attached hydrogens (tertiary/aromatic N) is 5. The number of carbonyl (C=O) groups excluding carboxylic acids is 2. The fourth-order valence-corrected chi connectivity index (χ4v) is 3.61. The van der Waals surface area contributed by atoms with E-state index in [-0.39, 0.29) is 24.8 Å². The van der Waals surface area contributed by atoms with Crippen LogP contribution < -0.4 is 15.8 Å². The van der Waals surface area contributed by atoms with Crippen molar-refractivity contribution >= 4 is 17.5 Å². The molecule has 1 aliphatic heterocycles. The van der Waals surface area contributed by atoms with E-state index in [0.717, 1.165) is 30.6 Å². The van der Waals surface area contributed by atoms with Crippen molar-refractivity contribution in [3.05, 3.63) is 60.2 Å². The number of anilines is 1. The van der Waals surface area contributed by atoms with Gasteiger partial charge in [0.1, 0.15) is 0 Å². The number of para-hydroxylation sites is 1. The molecule has 2 amide bonds. The Bertz CT molecular complexity index is 1040. The zero-order valence-corrected chi connectivity index (χ0v) is 17.2. The highest BCUT2D eigenvalue weighted by molar-refractivity contribution is 5.85. The smallest absolute Gasteiger partial charge is 0.257 e. The first-order chi connectivity index (χ1) is 15.2. The standard InChI is InChI=1S/C22H25N7O2/c30-20(13-7-15-29-26-22(25-27-29)18-9-2-1-3-10-18)23-24-21(31)16-28-14-6-11-17-8-4-5-12-19(17)28/h1-5,8-10,12H,6-7,11,13-16H2,(H,23,30)(H,24,31). The summed E-state index contributed by atoms with van der Waals surface area (Å²) in [6, 6.07) is 17.7. The monoisotopic (exact) mass is 419 g/mol. The molecule has 0 radical (unpaired) electrons. The Hall–Kier alpha value is -3.75. The van der Waals surface area contributed by atoms with Gasteiger partial charge in [-0.05, 0) is 36.1 Å². The maximum absolute atomic E-state index is 12.3. The maximum atomic E-state index is 12.3. The SMILES string of the molecule is O=C(CCCn1nnc(-c2ccccc2)n1)NNC(=O)CN1CCCc2ccccc21. The molecule has 0 saturated heterocycles. The lowest BCUT2D eigenvalue weighted by Crippen LogP contribution is -2.47. The van der Waals surface area contributed by atoms with E-state index in [1.54, 1.807) is 0 Å². The number of hydrazine groups is 1. The van der Waals surface area contributed by atoms with E-state index in [4.69, 9.17) is 0 Å². The Labute approximate surface area is 180 Å². The summed E-state index contributed by atoms with van der Waals surface area (Å²) in [5.74, 6) is 0.0582. The molecule has 1 aromatic heterocycles. The molecule has 0 spiro atoms. The first-order valence-corrected chi connectivity index (χ1v) is 10.4. The summed E-state index contributed by atoms with van der Waals surface area (Å²) in [4.78, 5) is 27.8. The Morgan fingerprint density at radius 1 is 0.968 bits per heavy atom. The van der Waals surface area contributed by atoms with E-state index in [1.807, 2.05) is 53.4 Å². The molecule has 2 aromatic carbocycles. The van der Waals surface area contributed by atoms with Crippen LogP contribution in [0.4, 0.5) is 5.69 Å². The van der Waals surface area contributed by atoms with Gasteiger partial charge in [-0.2, -0.15) is 4.80 Å². The van der Waals surface area contributed by atoms with Gasteiger partial charge in [0.2, 0.25) is 11.7 Å². The Kier molecular flexibility index (Phi) is 6.51. The summed E-state index contributed by atoms with van der Waals surface area (Å²) >= 11 is 0. The molecule has 0 aliphatic carbocycles. The number of tetrazole rings is 1. The van der Waals surface area contributed by atoms with E-state index in [2.05, 4.69) is 32.3 Å². The van der Waals surface area contributed by atoms with E-state index in [9.17, 15) is 9.59 Å². The van der Waals surface area contributed by atoms with Crippen molar-refractivity contribution in [2.45, 2.75) is 32.2 Å². The van der Waals surface area contributed by atoms with E-state index in [1.165, 1.54) is 10.4 Å². The van der Waals surface area contributed by atoms with Crippen LogP contribution in [0, 0.1) is 0 Å². The largest absolute Gasteiger partial charge is 0.362 e. The van der Waals surface area contributed by atoms with Gasteiger partial charge >= 0.3 is 0 Å². The minimum Gasteiger partial charge on any atom is -0.362 e. The Morgan fingerprint density at radius 2 is 1.74 bits per heavy atom. The van der Waals surface area contributed by atoms with Crippen LogP contribution in [0.3, 0.4) is 0 Å². The number of aryl methyl sites for hydroxylation is 2. The summed E-state index contributed by atoms with van der Waals surface area (Å²) in [6.07, 6.45) is 2.82. The molecular weight excluding hydrogens is 394 g/mol. The quantitative estimate of drug-likeness (QED) is 0.565. The molecule has 0 unspecified atom stereocenters. The second kappa shape index (κ2) is 9.84. The fourth-order valence-electron chi connectivity index (χ4n) is 3.61. The Balaban J connectivity index is 1.17. The number of nitrogens with one attached hydrogen (secondary N) is 2. The number of carbonyl (C=O) groups is 2. The van der Waals surface area contributed by atoms with E-state index < -0.39 is 0 Å². The van der Waals surface area contributed by atoms with Gasteiger partial charge in [-0.15, -0.1) is 10.2 Å². The predicted octanol–water partition coefficient (Wildman–Crippen LogP) is 1.72. The number of aromatic nitrogens is 4. The van der Waals surface area contributed by atoms with Crippen LogP contribution in [-0.2, 0) is 22.6 Å². The lowest BCUT2D eigenvalue weighted by molar-refractivity contribution is -0.128. The molecular formula is C22H25N7O2. The van der Waals surface area contributed by atoms with Crippen molar-refractivity contribution < 1.29 is 9.59 Å². The molecule has 0 fully saturated rings. The molecule has 31 heavy (non-hydrogen) atoms. The number of benzene rings is 2. The number of rotatable bonds is 7. The number of fused-ring (bicyclic) bond motifs is 1. The average molecular weight is 419 g/mol. The van der Waals surface area contributed by atoms with E-state index in [0.29, 0.717) is 18.8 Å². The van der Waals surface area contributed by atoms with Gasteiger partial charge in [-0.25, -0.2) is 0 Å². The molecule has 0 saturated carbocycles. The summed E-state index contributed by atoms with van der Waals surface area (Å²) < 4.78 is 0. The number of hydrogen-bond acceptors (Lipinski definition) is 6. The van der Waals surface area contributed by atoms with Gasteiger partial charge in [-0.1, -0.05) is 48.5 Å². The third-order valence-corrected chi connectivity index (χ3v) is 5.13. The van der Waals surface area contributed by atoms with Crippen molar-refractivity contribution in [1.82, 2.24) is 31.1 Å². The first-order valence-electron chi connectivity index (χ1n) is 10.4. The minimum atomic E-state index is -0.254. The topological polar surface area (TPSA) is 105 Å². The molecule has 1 aliphatic rings. The minimum absolute atomic E-state index is 0.211. The molecule has 9 nitrogen and oxygen atoms in total. The van der Waals surface area contributed by atoms with Gasteiger partial charge < -0.3 is 4.90 Å². The van der Waals surface area contributed by atoms with Crippen LogP contribution in [0.5, 0.6) is 0 Å². The summed E-state index contributed by atoms with van der Waals surface area (Å²) in [7, 11) is 0. The van der Waals surface area contributed by atoms with Crippen molar-refractivity contribution in [2.24, 2.45) is 0 Å². The molecule has 160 valence electrons. The van der Waals surface area contributed by atoms with Crippen molar-refractivity contribution in [1.29, 1.82) is 0 Å². The van der Waals surface area contributed by atoms with Crippen LogP contribution in [0.15, 0.2) is 54.6 Å². The number of hydrogen-bond donors (Lipinski definition) is 2. The molecule has 4 rings (SSSR count). The average Bonchev–Trinajstić information content (AvgIpc) is 3.28. The second-order valence-corrected chi connectivity index (χ2v) is 7.43. The van der Waals surface area contributed by atoms with Crippen LogP contribution in [0.2, 0.25) is 0 Å². The molecule has 2 N–H and O–H groups in total. The van der Waals surface area contributed by atoms with Crippen molar-refractivity contribution in [3.63, 3.8) is 0 Å². The van der Waals surface area contributed by atoms with Crippen LogP contribution in [0.1, 0.15) is 24.8 Å². The zero-order valence-electron chi connectivity index (χ0n) is 17.2. The molecule has 3 aromatic rings. The van der Waals surface area contributed by atoms with Gasteiger partial charge in [-0.3, -0.25) is 20.4 Å².